The van der Waals surface area contributed by atoms with Crippen LogP contribution in [0.15, 0.2) is 72.9 Å². The van der Waals surface area contributed by atoms with Crippen LogP contribution in [0.2, 0.25) is 0 Å². The number of carbonyl (C=O) groups excluding carboxylic acids is 2. The summed E-state index contributed by atoms with van der Waals surface area (Å²) < 4.78 is 17.1. The number of rotatable bonds is 33. The smallest absolute Gasteiger partial charge is 0.362 e. The molecule has 0 saturated carbocycles. The number of likely N-dealkylation sites (N-methyl/N-ethyl adjacent to an activating group) is 1. The predicted molar refractivity (Wildman–Crippen MR) is 210 cm³/mol. The number of quaternary nitrogens is 1. The lowest BCUT2D eigenvalue weighted by molar-refractivity contribution is -0.887. The maximum Gasteiger partial charge on any atom is 0.362 e. The Hall–Kier alpha value is -3.23. The van der Waals surface area contributed by atoms with Crippen LogP contribution in [-0.2, 0) is 28.6 Å². The molecule has 0 aliphatic heterocycles. The van der Waals surface area contributed by atoms with Crippen LogP contribution in [-0.4, -0.2) is 80.6 Å². The van der Waals surface area contributed by atoms with Crippen molar-refractivity contribution in [2.24, 2.45) is 0 Å². The van der Waals surface area contributed by atoms with Gasteiger partial charge in [0.15, 0.2) is 12.1 Å². The minimum atomic E-state index is -0.889. The average Bonchev–Trinajstić information content (AvgIpc) is 3.08. The fourth-order valence-electron chi connectivity index (χ4n) is 5.14. The van der Waals surface area contributed by atoms with Gasteiger partial charge < -0.3 is 23.8 Å². The van der Waals surface area contributed by atoms with E-state index < -0.39 is 18.1 Å². The van der Waals surface area contributed by atoms with Gasteiger partial charge in [-0.1, -0.05) is 119 Å². The summed E-state index contributed by atoms with van der Waals surface area (Å²) in [4.78, 5) is 36.7. The molecule has 0 spiro atoms. The lowest BCUT2D eigenvalue weighted by Gasteiger charge is -2.31. The molecule has 0 aromatic rings. The molecule has 0 aliphatic carbocycles. The predicted octanol–water partition coefficient (Wildman–Crippen LogP) is 10.0. The van der Waals surface area contributed by atoms with Crippen LogP contribution in [0, 0.1) is 0 Å². The van der Waals surface area contributed by atoms with Gasteiger partial charge in [-0.15, -0.1) is 0 Å². The summed E-state index contributed by atoms with van der Waals surface area (Å²) in [6, 6.07) is -0.626. The number of aliphatic carboxylic acids is 1. The van der Waals surface area contributed by atoms with E-state index >= 15 is 0 Å². The zero-order valence-electron chi connectivity index (χ0n) is 32.8. The van der Waals surface area contributed by atoms with Crippen LogP contribution in [0.25, 0.3) is 0 Å². The Morgan fingerprint density at radius 3 is 1.82 bits per heavy atom. The van der Waals surface area contributed by atoms with Gasteiger partial charge in [-0.05, 0) is 64.2 Å². The SMILES string of the molecule is CC/C=C/C/C=C/CCCCC(=O)OC(COCCC(C(=O)O)[N+](C)(C)C)COC(=O)CCCCCCC/C=C/C=C/C=C/C=C/CCCCC. The van der Waals surface area contributed by atoms with Crippen molar-refractivity contribution in [2.75, 3.05) is 41.0 Å². The standard InChI is InChI=1S/C43H71NO7/c1-6-8-10-12-14-16-17-18-19-20-21-22-23-24-26-27-29-31-33-41(45)50-38-39(37-49-36-35-40(43(47)48)44(3,4)5)51-42(46)34-32-30-28-25-15-13-11-9-7-2/h9,11,14-22,25,39-40H,6-8,10,12-13,23-24,26-38H2,1-5H3/p+1/b11-9+,16-14+,18-17+,20-19+,22-21+,25-15+. The highest BCUT2D eigenvalue weighted by atomic mass is 16.6. The number of unbranched alkanes of at least 4 members (excludes halogenated alkanes) is 10. The van der Waals surface area contributed by atoms with Gasteiger partial charge in [-0.2, -0.15) is 0 Å². The van der Waals surface area contributed by atoms with Crippen molar-refractivity contribution < 1.29 is 38.2 Å². The van der Waals surface area contributed by atoms with Crippen molar-refractivity contribution >= 4 is 17.9 Å². The van der Waals surface area contributed by atoms with E-state index in [0.717, 1.165) is 70.6 Å². The number of ether oxygens (including phenoxy) is 3. The van der Waals surface area contributed by atoms with Crippen molar-refractivity contribution in [3.8, 4) is 0 Å². The van der Waals surface area contributed by atoms with Gasteiger partial charge in [-0.25, -0.2) is 4.79 Å². The van der Waals surface area contributed by atoms with Crippen molar-refractivity contribution in [1.82, 2.24) is 0 Å². The number of carbonyl (C=O) groups is 3. The van der Waals surface area contributed by atoms with Crippen LogP contribution < -0.4 is 0 Å². The van der Waals surface area contributed by atoms with E-state index in [1.165, 1.54) is 19.3 Å². The zero-order chi connectivity index (χ0) is 37.8. The Labute approximate surface area is 311 Å². The second kappa shape index (κ2) is 33.9. The number of esters is 2. The first-order valence-electron chi connectivity index (χ1n) is 19.5. The Morgan fingerprint density at radius 1 is 0.627 bits per heavy atom. The van der Waals surface area contributed by atoms with Gasteiger partial charge in [0.2, 0.25) is 0 Å². The fraction of sp³-hybridized carbons (Fsp3) is 0.651. The third kappa shape index (κ3) is 32.4. The van der Waals surface area contributed by atoms with E-state index in [-0.39, 0.29) is 42.7 Å². The molecule has 0 bridgehead atoms. The molecule has 0 saturated heterocycles. The average molecular weight is 715 g/mol. The molecule has 0 amide bonds. The van der Waals surface area contributed by atoms with Crippen molar-refractivity contribution in [3.63, 3.8) is 0 Å². The van der Waals surface area contributed by atoms with Crippen LogP contribution >= 0.6 is 0 Å². The normalized spacial score (nSPS) is 13.8. The minimum Gasteiger partial charge on any atom is -0.477 e. The highest BCUT2D eigenvalue weighted by Gasteiger charge is 2.31. The lowest BCUT2D eigenvalue weighted by atomic mass is 10.1. The molecule has 8 nitrogen and oxygen atoms in total. The largest absolute Gasteiger partial charge is 0.477 e. The fourth-order valence-corrected chi connectivity index (χ4v) is 5.14. The maximum atomic E-state index is 12.6. The summed E-state index contributed by atoms with van der Waals surface area (Å²) >= 11 is 0. The molecular formula is C43H72NO7+. The minimum absolute atomic E-state index is 0.0357. The summed E-state index contributed by atoms with van der Waals surface area (Å²) in [5.74, 6) is -1.56. The molecule has 2 unspecified atom stereocenters. The molecule has 0 fully saturated rings. The van der Waals surface area contributed by atoms with E-state index in [1.54, 1.807) is 0 Å². The van der Waals surface area contributed by atoms with Crippen LogP contribution in [0.1, 0.15) is 129 Å². The van der Waals surface area contributed by atoms with Crippen molar-refractivity contribution in [2.45, 2.75) is 142 Å². The maximum absolute atomic E-state index is 12.6. The third-order valence-corrected chi connectivity index (χ3v) is 8.18. The van der Waals surface area contributed by atoms with Gasteiger partial charge in [0.1, 0.15) is 6.61 Å². The van der Waals surface area contributed by atoms with E-state index in [1.807, 2.05) is 27.2 Å². The Bertz CT molecular complexity index is 1060. The first-order valence-corrected chi connectivity index (χ1v) is 19.5. The highest BCUT2D eigenvalue weighted by Crippen LogP contribution is 2.12. The van der Waals surface area contributed by atoms with Crippen LogP contribution in [0.3, 0.4) is 0 Å². The number of hydrogen-bond acceptors (Lipinski definition) is 6. The third-order valence-electron chi connectivity index (χ3n) is 8.18. The lowest BCUT2D eigenvalue weighted by Crippen LogP contribution is -2.50. The van der Waals surface area contributed by atoms with Gasteiger partial charge >= 0.3 is 17.9 Å². The van der Waals surface area contributed by atoms with Crippen LogP contribution in [0.5, 0.6) is 0 Å². The topological polar surface area (TPSA) is 99.1 Å². The number of allylic oxidation sites excluding steroid dienone is 12. The van der Waals surface area contributed by atoms with Crippen LogP contribution in [0.4, 0.5) is 0 Å². The summed E-state index contributed by atoms with van der Waals surface area (Å²) in [7, 11) is 5.48. The molecule has 1 N–H and O–H groups in total. The quantitative estimate of drug-likeness (QED) is 0.0238. The molecule has 51 heavy (non-hydrogen) atoms. The zero-order valence-corrected chi connectivity index (χ0v) is 32.8. The molecule has 0 rings (SSSR count). The molecular weight excluding hydrogens is 642 g/mol. The summed E-state index contributed by atoms with van der Waals surface area (Å²) in [5.41, 5.74) is 0. The van der Waals surface area contributed by atoms with Crippen molar-refractivity contribution in [1.29, 1.82) is 0 Å². The van der Waals surface area contributed by atoms with Gasteiger partial charge in [-0.3, -0.25) is 9.59 Å². The van der Waals surface area contributed by atoms with E-state index in [0.29, 0.717) is 19.3 Å². The summed E-state index contributed by atoms with van der Waals surface area (Å²) in [5, 5.41) is 9.57. The number of carboxylic acid groups (broad SMARTS) is 1. The highest BCUT2D eigenvalue weighted by molar-refractivity contribution is 5.72. The first kappa shape index (κ1) is 47.8. The molecule has 2 atom stereocenters. The molecule has 0 heterocycles. The molecule has 0 aromatic heterocycles. The van der Waals surface area contributed by atoms with Gasteiger partial charge in [0, 0.05) is 19.3 Å². The van der Waals surface area contributed by atoms with Gasteiger partial charge in [0.25, 0.3) is 0 Å². The molecule has 0 radical (unpaired) electrons. The molecule has 8 heteroatoms. The second-order valence-corrected chi connectivity index (χ2v) is 13.9. The Morgan fingerprint density at radius 2 is 1.18 bits per heavy atom. The van der Waals surface area contributed by atoms with E-state index in [9.17, 15) is 19.5 Å². The monoisotopic (exact) mass is 715 g/mol. The molecule has 290 valence electrons. The second-order valence-electron chi connectivity index (χ2n) is 13.9. The Balaban J connectivity index is 4.44. The van der Waals surface area contributed by atoms with E-state index in [2.05, 4.69) is 80.7 Å². The van der Waals surface area contributed by atoms with Crippen molar-refractivity contribution in [3.05, 3.63) is 72.9 Å². The summed E-state index contributed by atoms with van der Waals surface area (Å²) in [6.45, 7) is 4.48. The molecule has 0 aromatic carbocycles. The first-order chi connectivity index (χ1) is 24.6. The molecule has 0 aliphatic rings. The summed E-state index contributed by atoms with van der Waals surface area (Å²) in [6.07, 6.45) is 41.0. The van der Waals surface area contributed by atoms with Gasteiger partial charge in [0.05, 0.1) is 34.4 Å². The number of hydrogen-bond donors (Lipinski definition) is 1. The number of carboxylic acids is 1. The van der Waals surface area contributed by atoms with E-state index in [4.69, 9.17) is 14.2 Å². The Kier molecular flexibility index (Phi) is 31.7. The number of nitrogens with zero attached hydrogens (tertiary/aromatic N) is 1.